The predicted octanol–water partition coefficient (Wildman–Crippen LogP) is 2.80. The maximum atomic E-state index is 10.5. The number of likely N-dealkylation sites (N-methyl/N-ethyl adjacent to an activating group) is 1. The van der Waals surface area contributed by atoms with Gasteiger partial charge in [-0.1, -0.05) is 25.8 Å². The maximum absolute atomic E-state index is 10.5. The van der Waals surface area contributed by atoms with Crippen LogP contribution in [0.25, 0.3) is 0 Å². The minimum atomic E-state index is -0.569. The van der Waals surface area contributed by atoms with Gasteiger partial charge in [-0.2, -0.15) is 0 Å². The first-order valence-electron chi connectivity index (χ1n) is 7.95. The van der Waals surface area contributed by atoms with Crippen LogP contribution in [0.15, 0.2) is 18.2 Å². The Balaban J connectivity index is 2.08. The fourth-order valence-electron chi connectivity index (χ4n) is 3.28. The molecule has 3 N–H and O–H groups in total. The summed E-state index contributed by atoms with van der Waals surface area (Å²) in [6.45, 7) is 5.59. The Labute approximate surface area is 127 Å². The Bertz CT molecular complexity index is 470. The van der Waals surface area contributed by atoms with E-state index < -0.39 is 5.60 Å². The lowest BCUT2D eigenvalue weighted by Crippen LogP contribution is -2.39. The molecule has 0 amide bonds. The molecule has 1 atom stereocenters. The number of benzene rings is 1. The molecule has 0 radical (unpaired) electrons. The Hall–Kier alpha value is -1.26. The number of rotatable bonds is 6. The van der Waals surface area contributed by atoms with Crippen LogP contribution in [0.2, 0.25) is 0 Å². The Kier molecular flexibility index (Phi) is 5.12. The number of nitrogens with zero attached hydrogens (tertiary/aromatic N) is 1. The van der Waals surface area contributed by atoms with Crippen molar-refractivity contribution in [3.8, 4) is 5.75 Å². The van der Waals surface area contributed by atoms with E-state index in [0.29, 0.717) is 12.3 Å². The van der Waals surface area contributed by atoms with Gasteiger partial charge in [0.15, 0.2) is 0 Å². The summed E-state index contributed by atoms with van der Waals surface area (Å²) in [7, 11) is 1.97. The molecule has 0 bridgehead atoms. The summed E-state index contributed by atoms with van der Waals surface area (Å²) in [4.78, 5) is 2.03. The molecule has 1 aromatic rings. The van der Waals surface area contributed by atoms with Crippen LogP contribution in [-0.2, 0) is 0 Å². The minimum Gasteiger partial charge on any atom is -0.508 e. The molecule has 4 nitrogen and oxygen atoms in total. The highest BCUT2D eigenvalue weighted by Gasteiger charge is 2.32. The molecule has 1 aliphatic rings. The number of hydrogen-bond donors (Lipinski definition) is 3. The second kappa shape index (κ2) is 6.67. The van der Waals surface area contributed by atoms with Crippen LogP contribution >= 0.6 is 0 Å². The molecule has 1 aliphatic carbocycles. The second-order valence-electron chi connectivity index (χ2n) is 6.31. The molecular weight excluding hydrogens is 264 g/mol. The Morgan fingerprint density at radius 3 is 2.57 bits per heavy atom. The minimum absolute atomic E-state index is 0.133. The molecule has 1 fully saturated rings. The van der Waals surface area contributed by atoms with Crippen LogP contribution in [0.3, 0.4) is 0 Å². The summed E-state index contributed by atoms with van der Waals surface area (Å²) in [5, 5.41) is 24.0. The van der Waals surface area contributed by atoms with E-state index in [0.717, 1.165) is 43.5 Å². The molecule has 1 saturated carbocycles. The number of hydrogen-bond acceptors (Lipinski definition) is 4. The molecule has 2 rings (SSSR count). The standard InChI is InChI=1S/C17H28N2O2/c1-4-18-13(2)15-8-7-14(11-16(15)20)19(3)12-17(21)9-5-6-10-17/h7-8,11,13,18,20-21H,4-6,9-10,12H2,1-3H3. The highest BCUT2D eigenvalue weighted by Crippen LogP contribution is 2.33. The van der Waals surface area contributed by atoms with E-state index in [9.17, 15) is 10.2 Å². The summed E-state index contributed by atoms with van der Waals surface area (Å²) in [6.07, 6.45) is 3.96. The fourth-order valence-corrected chi connectivity index (χ4v) is 3.28. The largest absolute Gasteiger partial charge is 0.508 e. The normalized spacial score (nSPS) is 18.7. The van der Waals surface area contributed by atoms with Gasteiger partial charge in [-0.3, -0.25) is 0 Å². The van der Waals surface area contributed by atoms with Gasteiger partial charge in [-0.25, -0.2) is 0 Å². The van der Waals surface area contributed by atoms with E-state index in [4.69, 9.17) is 0 Å². The van der Waals surface area contributed by atoms with Crippen molar-refractivity contribution in [2.45, 2.75) is 51.2 Å². The lowest BCUT2D eigenvalue weighted by molar-refractivity contribution is 0.0559. The number of aliphatic hydroxyl groups is 1. The first-order chi connectivity index (χ1) is 9.95. The van der Waals surface area contributed by atoms with Gasteiger partial charge in [-0.05, 0) is 32.4 Å². The average Bonchev–Trinajstić information content (AvgIpc) is 2.85. The molecule has 4 heteroatoms. The van der Waals surface area contributed by atoms with E-state index in [1.165, 1.54) is 0 Å². The van der Waals surface area contributed by atoms with Crippen LogP contribution in [0, 0.1) is 0 Å². The SMILES string of the molecule is CCNC(C)c1ccc(N(C)CC2(O)CCCC2)cc1O. The van der Waals surface area contributed by atoms with Crippen molar-refractivity contribution >= 4 is 5.69 Å². The van der Waals surface area contributed by atoms with E-state index in [2.05, 4.69) is 12.2 Å². The van der Waals surface area contributed by atoms with Crippen molar-refractivity contribution in [1.82, 2.24) is 5.32 Å². The van der Waals surface area contributed by atoms with Crippen LogP contribution < -0.4 is 10.2 Å². The van der Waals surface area contributed by atoms with Crippen molar-refractivity contribution in [2.24, 2.45) is 0 Å². The van der Waals surface area contributed by atoms with E-state index in [1.807, 2.05) is 31.0 Å². The van der Waals surface area contributed by atoms with Gasteiger partial charge in [0.05, 0.1) is 5.60 Å². The van der Waals surface area contributed by atoms with Gasteiger partial charge < -0.3 is 20.4 Å². The van der Waals surface area contributed by atoms with Gasteiger partial charge in [0.2, 0.25) is 0 Å². The van der Waals surface area contributed by atoms with Gasteiger partial charge in [0.25, 0.3) is 0 Å². The highest BCUT2D eigenvalue weighted by molar-refractivity contribution is 5.53. The van der Waals surface area contributed by atoms with E-state index in [1.54, 1.807) is 6.07 Å². The summed E-state index contributed by atoms with van der Waals surface area (Å²) in [6, 6.07) is 5.91. The van der Waals surface area contributed by atoms with Gasteiger partial charge in [-0.15, -0.1) is 0 Å². The predicted molar refractivity (Wildman–Crippen MR) is 86.9 cm³/mol. The third kappa shape index (κ3) is 3.89. The Morgan fingerprint density at radius 1 is 1.33 bits per heavy atom. The molecular formula is C17H28N2O2. The number of nitrogens with one attached hydrogen (secondary N) is 1. The quantitative estimate of drug-likeness (QED) is 0.754. The monoisotopic (exact) mass is 292 g/mol. The number of phenolic OH excluding ortho intramolecular Hbond substituents is 1. The van der Waals surface area contributed by atoms with Crippen molar-refractivity contribution in [3.63, 3.8) is 0 Å². The summed E-state index contributed by atoms with van der Waals surface area (Å²) < 4.78 is 0. The van der Waals surface area contributed by atoms with Crippen LogP contribution in [0.5, 0.6) is 5.75 Å². The molecule has 0 aromatic heterocycles. The Morgan fingerprint density at radius 2 is 2.00 bits per heavy atom. The van der Waals surface area contributed by atoms with Crippen molar-refractivity contribution in [1.29, 1.82) is 0 Å². The summed E-state index contributed by atoms with van der Waals surface area (Å²) in [5.41, 5.74) is 1.29. The zero-order valence-electron chi connectivity index (χ0n) is 13.4. The highest BCUT2D eigenvalue weighted by atomic mass is 16.3. The molecule has 0 spiro atoms. The fraction of sp³-hybridized carbons (Fsp3) is 0.647. The second-order valence-corrected chi connectivity index (χ2v) is 6.31. The maximum Gasteiger partial charge on any atom is 0.122 e. The topological polar surface area (TPSA) is 55.7 Å². The summed E-state index contributed by atoms with van der Waals surface area (Å²) >= 11 is 0. The molecule has 1 aromatic carbocycles. The molecule has 21 heavy (non-hydrogen) atoms. The third-order valence-electron chi connectivity index (χ3n) is 4.50. The number of anilines is 1. The van der Waals surface area contributed by atoms with E-state index >= 15 is 0 Å². The van der Waals surface area contributed by atoms with E-state index in [-0.39, 0.29) is 6.04 Å². The van der Waals surface area contributed by atoms with Crippen molar-refractivity contribution in [2.75, 3.05) is 25.0 Å². The molecule has 118 valence electrons. The molecule has 0 saturated heterocycles. The van der Waals surface area contributed by atoms with Gasteiger partial charge in [0, 0.05) is 37.0 Å². The van der Waals surface area contributed by atoms with Gasteiger partial charge in [0.1, 0.15) is 5.75 Å². The average molecular weight is 292 g/mol. The summed E-state index contributed by atoms with van der Waals surface area (Å²) in [5.74, 6) is 0.311. The lowest BCUT2D eigenvalue weighted by atomic mass is 10.0. The molecule has 1 unspecified atom stereocenters. The van der Waals surface area contributed by atoms with Gasteiger partial charge >= 0.3 is 0 Å². The van der Waals surface area contributed by atoms with Crippen LogP contribution in [0.4, 0.5) is 5.69 Å². The third-order valence-corrected chi connectivity index (χ3v) is 4.50. The molecule has 0 aliphatic heterocycles. The zero-order chi connectivity index (χ0) is 15.5. The number of aromatic hydroxyl groups is 1. The van der Waals surface area contributed by atoms with Crippen LogP contribution in [-0.4, -0.2) is 36.0 Å². The smallest absolute Gasteiger partial charge is 0.122 e. The first kappa shape index (κ1) is 16.1. The van der Waals surface area contributed by atoms with Crippen molar-refractivity contribution < 1.29 is 10.2 Å². The molecule has 0 heterocycles. The lowest BCUT2D eigenvalue weighted by Gasteiger charge is -2.30. The van der Waals surface area contributed by atoms with Crippen LogP contribution in [0.1, 0.15) is 51.1 Å². The number of phenols is 1. The first-order valence-corrected chi connectivity index (χ1v) is 7.95. The van der Waals surface area contributed by atoms with Crippen molar-refractivity contribution in [3.05, 3.63) is 23.8 Å². The zero-order valence-corrected chi connectivity index (χ0v) is 13.4.